The molecule has 2 aromatic rings. The van der Waals surface area contributed by atoms with E-state index in [4.69, 9.17) is 11.6 Å². The minimum Gasteiger partial charge on any atom is -0.351 e. The summed E-state index contributed by atoms with van der Waals surface area (Å²) in [5.41, 5.74) is 2.25. The largest absolute Gasteiger partial charge is 0.351 e. The molecule has 0 bridgehead atoms. The molecule has 0 spiro atoms. The first-order chi connectivity index (χ1) is 10.8. The minimum absolute atomic E-state index is 0.00894. The van der Waals surface area contributed by atoms with Crippen LogP contribution in [0.1, 0.15) is 39.8 Å². The summed E-state index contributed by atoms with van der Waals surface area (Å²) in [6, 6.07) is 5.85. The van der Waals surface area contributed by atoms with Crippen LogP contribution in [0.25, 0.3) is 0 Å². The number of amides is 1. The van der Waals surface area contributed by atoms with Crippen molar-refractivity contribution in [1.82, 2.24) is 15.6 Å². The molecule has 1 amide bonds. The van der Waals surface area contributed by atoms with Gasteiger partial charge in [-0.2, -0.15) is 0 Å². The molecular weight excluding hydrogens is 318 g/mol. The molecule has 1 unspecified atom stereocenters. The first kappa shape index (κ1) is 15.5. The van der Waals surface area contributed by atoms with Gasteiger partial charge < -0.3 is 10.6 Å². The highest BCUT2D eigenvalue weighted by Crippen LogP contribution is 2.33. The molecule has 2 heterocycles. The van der Waals surface area contributed by atoms with Crippen LogP contribution in [0.2, 0.25) is 5.02 Å². The third kappa shape index (κ3) is 3.48. The molecular formula is C16H18ClN3OS. The van der Waals surface area contributed by atoms with Crippen molar-refractivity contribution < 1.29 is 4.79 Å². The van der Waals surface area contributed by atoms with Crippen LogP contribution in [0.4, 0.5) is 0 Å². The third-order valence-corrected chi connectivity index (χ3v) is 5.04. The minimum atomic E-state index is 0.00894. The number of pyridine rings is 1. The molecule has 1 atom stereocenters. The van der Waals surface area contributed by atoms with Crippen LogP contribution >= 0.6 is 22.9 Å². The van der Waals surface area contributed by atoms with Gasteiger partial charge in [-0.3, -0.25) is 9.78 Å². The summed E-state index contributed by atoms with van der Waals surface area (Å²) < 4.78 is 0. The Labute approximate surface area is 138 Å². The van der Waals surface area contributed by atoms with E-state index < -0.39 is 0 Å². The Balaban J connectivity index is 1.40. The van der Waals surface area contributed by atoms with Gasteiger partial charge in [0.15, 0.2) is 0 Å². The second kappa shape index (κ2) is 7.22. The van der Waals surface area contributed by atoms with E-state index in [1.807, 2.05) is 23.6 Å². The second-order valence-corrected chi connectivity index (χ2v) is 6.64. The zero-order chi connectivity index (χ0) is 15.4. The molecule has 116 valence electrons. The Morgan fingerprint density at radius 3 is 3.14 bits per heavy atom. The molecule has 0 aromatic carbocycles. The summed E-state index contributed by atoms with van der Waals surface area (Å²) in [7, 11) is 0. The number of rotatable bonds is 6. The summed E-state index contributed by atoms with van der Waals surface area (Å²) in [4.78, 5) is 17.0. The maximum atomic E-state index is 11.8. The Bertz CT molecular complexity index is 645. The zero-order valence-electron chi connectivity index (χ0n) is 12.1. The van der Waals surface area contributed by atoms with Gasteiger partial charge in [0.05, 0.1) is 16.6 Å². The Kier molecular flexibility index (Phi) is 5.08. The van der Waals surface area contributed by atoms with E-state index in [2.05, 4.69) is 15.6 Å². The Hall–Kier alpha value is -1.43. The maximum absolute atomic E-state index is 11.8. The van der Waals surface area contributed by atoms with Crippen LogP contribution in [-0.4, -0.2) is 24.0 Å². The van der Waals surface area contributed by atoms with Crippen LogP contribution in [0.5, 0.6) is 0 Å². The fourth-order valence-electron chi connectivity index (χ4n) is 2.72. The van der Waals surface area contributed by atoms with Gasteiger partial charge in [0.2, 0.25) is 0 Å². The van der Waals surface area contributed by atoms with E-state index in [1.54, 1.807) is 6.20 Å². The molecule has 3 rings (SSSR count). The predicted molar refractivity (Wildman–Crippen MR) is 89.6 cm³/mol. The summed E-state index contributed by atoms with van der Waals surface area (Å²) in [5, 5.41) is 9.16. The Morgan fingerprint density at radius 1 is 1.41 bits per heavy atom. The van der Waals surface area contributed by atoms with Crippen molar-refractivity contribution in [3.05, 3.63) is 50.9 Å². The van der Waals surface area contributed by atoms with Gasteiger partial charge in [0.1, 0.15) is 0 Å². The van der Waals surface area contributed by atoms with E-state index in [0.717, 1.165) is 41.4 Å². The van der Waals surface area contributed by atoms with E-state index in [9.17, 15) is 4.79 Å². The van der Waals surface area contributed by atoms with Crippen molar-refractivity contribution in [2.24, 2.45) is 0 Å². The van der Waals surface area contributed by atoms with Crippen molar-refractivity contribution in [3.63, 3.8) is 0 Å². The molecule has 6 heteroatoms. The topological polar surface area (TPSA) is 54.0 Å². The number of thiophene rings is 1. The van der Waals surface area contributed by atoms with Crippen molar-refractivity contribution >= 4 is 28.8 Å². The number of nitrogens with one attached hydrogen (secondary N) is 2. The van der Waals surface area contributed by atoms with Crippen molar-refractivity contribution in [1.29, 1.82) is 0 Å². The lowest BCUT2D eigenvalue weighted by atomic mass is 10.2. The van der Waals surface area contributed by atoms with Gasteiger partial charge in [-0.15, -0.1) is 11.3 Å². The second-order valence-electron chi connectivity index (χ2n) is 5.29. The first-order valence-electron chi connectivity index (χ1n) is 7.44. The molecule has 0 radical (unpaired) electrons. The Morgan fingerprint density at radius 2 is 2.32 bits per heavy atom. The molecule has 0 saturated carbocycles. The van der Waals surface area contributed by atoms with Crippen molar-refractivity contribution in [3.8, 4) is 0 Å². The number of hydrogen-bond donors (Lipinski definition) is 2. The first-order valence-corrected chi connectivity index (χ1v) is 8.70. The number of fused-ring (bicyclic) bond motifs is 1. The summed E-state index contributed by atoms with van der Waals surface area (Å²) in [5.74, 6) is 0.00894. The number of halogens is 1. The molecule has 4 nitrogen and oxygen atoms in total. The summed E-state index contributed by atoms with van der Waals surface area (Å²) >= 11 is 7.65. The number of hydrogen-bond acceptors (Lipinski definition) is 4. The normalized spacial score (nSPS) is 16.5. The van der Waals surface area contributed by atoms with Crippen molar-refractivity contribution in [2.75, 3.05) is 13.1 Å². The molecule has 0 aliphatic heterocycles. The summed E-state index contributed by atoms with van der Waals surface area (Å²) in [6.07, 6.45) is 4.67. The van der Waals surface area contributed by atoms with Crippen LogP contribution in [0.3, 0.4) is 0 Å². The van der Waals surface area contributed by atoms with Crippen LogP contribution in [0, 0.1) is 0 Å². The van der Waals surface area contributed by atoms with Crippen LogP contribution < -0.4 is 10.6 Å². The van der Waals surface area contributed by atoms with Crippen LogP contribution in [0.15, 0.2) is 29.8 Å². The van der Waals surface area contributed by atoms with Crippen molar-refractivity contribution in [2.45, 2.75) is 25.3 Å². The maximum Gasteiger partial charge on any atom is 0.261 e. The van der Waals surface area contributed by atoms with Gasteiger partial charge >= 0.3 is 0 Å². The lowest BCUT2D eigenvalue weighted by Crippen LogP contribution is -2.28. The predicted octanol–water partition coefficient (Wildman–Crippen LogP) is 3.19. The van der Waals surface area contributed by atoms with E-state index in [1.165, 1.54) is 16.9 Å². The van der Waals surface area contributed by atoms with Gasteiger partial charge in [-0.1, -0.05) is 17.7 Å². The lowest BCUT2D eigenvalue weighted by molar-refractivity contribution is 0.0957. The molecule has 1 aliphatic carbocycles. The standard InChI is InChI=1S/C16H18ClN3OS/c17-12-6-9-19-15-11(12)4-5-13(15)18-7-2-8-20-16(21)14-3-1-10-22-14/h1,3,6,9-10,13,18H,2,4-5,7-8H2,(H,20,21). The molecule has 2 aromatic heterocycles. The highest BCUT2D eigenvalue weighted by atomic mass is 35.5. The summed E-state index contributed by atoms with van der Waals surface area (Å²) in [6.45, 7) is 1.52. The molecule has 1 aliphatic rings. The van der Waals surface area contributed by atoms with Gasteiger partial charge in [0, 0.05) is 17.8 Å². The van der Waals surface area contributed by atoms with Gasteiger partial charge in [0.25, 0.3) is 5.91 Å². The van der Waals surface area contributed by atoms with Crippen LogP contribution in [-0.2, 0) is 6.42 Å². The van der Waals surface area contributed by atoms with Gasteiger partial charge in [-0.25, -0.2) is 0 Å². The average Bonchev–Trinajstić information content (AvgIpc) is 3.17. The lowest BCUT2D eigenvalue weighted by Gasteiger charge is -2.13. The third-order valence-electron chi connectivity index (χ3n) is 3.82. The number of nitrogens with zero attached hydrogens (tertiary/aromatic N) is 1. The molecule has 0 saturated heterocycles. The SMILES string of the molecule is O=C(NCCCNC1CCc2c(Cl)ccnc21)c1cccs1. The fourth-order valence-corrected chi connectivity index (χ4v) is 3.60. The van der Waals surface area contributed by atoms with E-state index in [-0.39, 0.29) is 11.9 Å². The highest BCUT2D eigenvalue weighted by molar-refractivity contribution is 7.12. The monoisotopic (exact) mass is 335 g/mol. The molecule has 22 heavy (non-hydrogen) atoms. The number of carbonyl (C=O) groups excluding carboxylic acids is 1. The van der Waals surface area contributed by atoms with E-state index >= 15 is 0 Å². The number of carbonyl (C=O) groups is 1. The number of aromatic nitrogens is 1. The quantitative estimate of drug-likeness (QED) is 0.797. The smallest absolute Gasteiger partial charge is 0.261 e. The highest BCUT2D eigenvalue weighted by Gasteiger charge is 2.24. The molecule has 2 N–H and O–H groups in total. The zero-order valence-corrected chi connectivity index (χ0v) is 13.7. The average molecular weight is 336 g/mol. The van der Waals surface area contributed by atoms with E-state index in [0.29, 0.717) is 6.54 Å². The fraction of sp³-hybridized carbons (Fsp3) is 0.375. The van der Waals surface area contributed by atoms with Gasteiger partial charge in [-0.05, 0) is 48.9 Å². The molecule has 0 fully saturated rings.